The lowest BCUT2D eigenvalue weighted by atomic mass is 9.90. The van der Waals surface area contributed by atoms with Gasteiger partial charge in [-0.05, 0) is 47.6 Å². The molecule has 4 N–H and O–H groups in total. The van der Waals surface area contributed by atoms with Gasteiger partial charge in [0.25, 0.3) is 5.91 Å². The third-order valence-corrected chi connectivity index (χ3v) is 6.25. The number of nitrogens with zero attached hydrogens (tertiary/aromatic N) is 1. The van der Waals surface area contributed by atoms with Crippen LogP contribution < -0.4 is 16.4 Å². The Morgan fingerprint density at radius 3 is 2.21 bits per heavy atom. The number of nitrogens with one attached hydrogen (secondary N) is 2. The molecule has 8 nitrogen and oxygen atoms in total. The van der Waals surface area contributed by atoms with Crippen LogP contribution in [-0.2, 0) is 15.1 Å². The first-order chi connectivity index (χ1) is 15.9. The second kappa shape index (κ2) is 9.67. The average Bonchev–Trinajstić information content (AvgIpc) is 3.01. The van der Waals surface area contributed by atoms with Crippen molar-refractivity contribution in [2.75, 3.05) is 6.54 Å². The van der Waals surface area contributed by atoms with Crippen LogP contribution in [0.5, 0.6) is 0 Å². The topological polar surface area (TPSA) is 122 Å². The van der Waals surface area contributed by atoms with E-state index in [1.54, 1.807) is 19.1 Å². The molecule has 2 atom stereocenters. The monoisotopic (exact) mass is 464 g/mol. The highest BCUT2D eigenvalue weighted by Gasteiger charge is 2.49. The van der Waals surface area contributed by atoms with Gasteiger partial charge in [0.15, 0.2) is 0 Å². The van der Waals surface area contributed by atoms with E-state index in [1.807, 2.05) is 38.1 Å². The summed E-state index contributed by atoms with van der Waals surface area (Å²) in [6, 6.07) is 13.4. The molecule has 0 bridgehead atoms. The van der Waals surface area contributed by atoms with E-state index in [1.165, 1.54) is 17.7 Å². The highest BCUT2D eigenvalue weighted by atomic mass is 16.2. The Kier molecular flexibility index (Phi) is 7.09. The van der Waals surface area contributed by atoms with Crippen LogP contribution >= 0.6 is 0 Å². The zero-order valence-corrected chi connectivity index (χ0v) is 20.2. The zero-order chi connectivity index (χ0) is 25.2. The smallest absolute Gasteiger partial charge is 0.325 e. The van der Waals surface area contributed by atoms with Crippen LogP contribution in [0.15, 0.2) is 48.5 Å². The van der Waals surface area contributed by atoms with Crippen molar-refractivity contribution in [2.45, 2.75) is 52.1 Å². The van der Waals surface area contributed by atoms with Gasteiger partial charge in [-0.15, -0.1) is 0 Å². The van der Waals surface area contributed by atoms with E-state index in [0.29, 0.717) is 11.5 Å². The van der Waals surface area contributed by atoms with Crippen molar-refractivity contribution in [1.29, 1.82) is 0 Å². The van der Waals surface area contributed by atoms with Crippen molar-refractivity contribution in [3.8, 4) is 0 Å². The van der Waals surface area contributed by atoms with Crippen LogP contribution in [0.2, 0.25) is 0 Å². The van der Waals surface area contributed by atoms with Crippen molar-refractivity contribution in [3.63, 3.8) is 0 Å². The Bertz CT molecular complexity index is 1110. The predicted octanol–water partition coefficient (Wildman–Crippen LogP) is 3.19. The number of nitrogens with two attached hydrogens (primary N) is 1. The largest absolute Gasteiger partial charge is 0.366 e. The summed E-state index contributed by atoms with van der Waals surface area (Å²) in [7, 11) is 0. The van der Waals surface area contributed by atoms with Crippen LogP contribution in [-0.4, -0.2) is 35.2 Å². The summed E-state index contributed by atoms with van der Waals surface area (Å²) in [6.07, 6.45) is 0. The molecule has 2 aromatic rings. The molecule has 0 saturated carbocycles. The van der Waals surface area contributed by atoms with Crippen molar-refractivity contribution in [1.82, 2.24) is 15.5 Å². The van der Waals surface area contributed by atoms with Crippen LogP contribution in [0, 0.1) is 5.92 Å². The minimum absolute atomic E-state index is 0.0961. The second-order valence-electron chi connectivity index (χ2n) is 9.50. The first-order valence-electron chi connectivity index (χ1n) is 11.4. The van der Waals surface area contributed by atoms with E-state index in [0.717, 1.165) is 10.5 Å². The van der Waals surface area contributed by atoms with Gasteiger partial charge in [0.05, 0.1) is 6.04 Å². The lowest BCUT2D eigenvalue weighted by Crippen LogP contribution is -2.44. The summed E-state index contributed by atoms with van der Waals surface area (Å²) >= 11 is 0. The number of hydrogen-bond acceptors (Lipinski definition) is 4. The van der Waals surface area contributed by atoms with Crippen LogP contribution in [0.4, 0.5) is 4.79 Å². The number of carbonyl (C=O) groups excluding carboxylic acids is 4. The predicted molar refractivity (Wildman–Crippen MR) is 129 cm³/mol. The minimum Gasteiger partial charge on any atom is -0.366 e. The standard InChI is InChI=1S/C26H32N4O4/c1-15(2)17-9-11-18(12-10-17)22(16(3)4)28-21(31)14-30-24(33)26(5,29-25(30)34)20-8-6-7-19(13-20)23(27)32/h6-13,15-16,22H,14H2,1-5H3,(H2,27,32)(H,28,31)(H,29,34). The van der Waals surface area contributed by atoms with Crippen molar-refractivity contribution < 1.29 is 19.2 Å². The summed E-state index contributed by atoms with van der Waals surface area (Å²) in [5, 5.41) is 5.61. The molecule has 5 amide bonds. The maximum absolute atomic E-state index is 13.2. The third kappa shape index (κ3) is 4.95. The molecule has 34 heavy (non-hydrogen) atoms. The molecule has 2 unspecified atom stereocenters. The fraction of sp³-hybridized carbons (Fsp3) is 0.385. The number of carbonyl (C=O) groups is 4. The molecular weight excluding hydrogens is 432 g/mol. The Hall–Kier alpha value is -3.68. The van der Waals surface area contributed by atoms with E-state index in [9.17, 15) is 19.2 Å². The molecule has 2 aromatic carbocycles. The zero-order valence-electron chi connectivity index (χ0n) is 20.2. The maximum atomic E-state index is 13.2. The van der Waals surface area contributed by atoms with E-state index in [4.69, 9.17) is 5.73 Å². The molecule has 0 spiro atoms. The molecule has 0 aromatic heterocycles. The second-order valence-corrected chi connectivity index (χ2v) is 9.50. The number of amides is 5. The van der Waals surface area contributed by atoms with Gasteiger partial charge in [-0.3, -0.25) is 19.3 Å². The summed E-state index contributed by atoms with van der Waals surface area (Å²) < 4.78 is 0. The van der Waals surface area contributed by atoms with Gasteiger partial charge in [0.1, 0.15) is 12.1 Å². The molecule has 1 fully saturated rings. The number of urea groups is 1. The van der Waals surface area contributed by atoms with Gasteiger partial charge < -0.3 is 16.4 Å². The molecule has 0 radical (unpaired) electrons. The van der Waals surface area contributed by atoms with Crippen LogP contribution in [0.25, 0.3) is 0 Å². The molecule has 1 heterocycles. The van der Waals surface area contributed by atoms with Crippen LogP contribution in [0.1, 0.15) is 73.6 Å². The molecule has 0 aliphatic carbocycles. The van der Waals surface area contributed by atoms with E-state index in [2.05, 4.69) is 24.5 Å². The molecule has 1 aliphatic rings. The van der Waals surface area contributed by atoms with Gasteiger partial charge in [0, 0.05) is 5.56 Å². The quantitative estimate of drug-likeness (QED) is 0.519. The number of benzene rings is 2. The average molecular weight is 465 g/mol. The molecular formula is C26H32N4O4. The number of imide groups is 1. The highest BCUT2D eigenvalue weighted by Crippen LogP contribution is 2.30. The van der Waals surface area contributed by atoms with Gasteiger partial charge >= 0.3 is 6.03 Å². The normalized spacial score (nSPS) is 18.9. The SMILES string of the molecule is CC(C)c1ccc(C(NC(=O)CN2C(=O)NC(C)(c3cccc(C(N)=O)c3)C2=O)C(C)C)cc1. The Morgan fingerprint density at radius 2 is 1.65 bits per heavy atom. The van der Waals surface area contributed by atoms with Crippen LogP contribution in [0.3, 0.4) is 0 Å². The maximum Gasteiger partial charge on any atom is 0.325 e. The van der Waals surface area contributed by atoms with E-state index < -0.39 is 35.8 Å². The fourth-order valence-electron chi connectivity index (χ4n) is 4.11. The number of primary amides is 1. The van der Waals surface area contributed by atoms with Gasteiger partial charge in [0.2, 0.25) is 11.8 Å². The third-order valence-electron chi connectivity index (χ3n) is 6.25. The highest BCUT2D eigenvalue weighted by molar-refractivity contribution is 6.09. The van der Waals surface area contributed by atoms with E-state index >= 15 is 0 Å². The van der Waals surface area contributed by atoms with Gasteiger partial charge in [-0.2, -0.15) is 0 Å². The van der Waals surface area contributed by atoms with Crippen molar-refractivity contribution >= 4 is 23.8 Å². The Morgan fingerprint density at radius 1 is 1.03 bits per heavy atom. The summed E-state index contributed by atoms with van der Waals surface area (Å²) in [4.78, 5) is 51.2. The lowest BCUT2D eigenvalue weighted by Gasteiger charge is -2.25. The number of hydrogen-bond donors (Lipinski definition) is 3. The summed E-state index contributed by atoms with van der Waals surface area (Å²) in [5.41, 5.74) is 6.73. The first kappa shape index (κ1) is 25.0. The number of rotatable bonds is 8. The molecule has 1 saturated heterocycles. The summed E-state index contributed by atoms with van der Waals surface area (Å²) in [5.74, 6) is -1.15. The fourth-order valence-corrected chi connectivity index (χ4v) is 4.11. The molecule has 180 valence electrons. The first-order valence-corrected chi connectivity index (χ1v) is 11.4. The van der Waals surface area contributed by atoms with Crippen molar-refractivity contribution in [2.24, 2.45) is 11.7 Å². The summed E-state index contributed by atoms with van der Waals surface area (Å²) in [6.45, 7) is 9.36. The molecule has 1 aliphatic heterocycles. The molecule has 8 heteroatoms. The lowest BCUT2D eigenvalue weighted by molar-refractivity contribution is -0.135. The Labute approximate surface area is 199 Å². The minimum atomic E-state index is -1.41. The van der Waals surface area contributed by atoms with Gasteiger partial charge in [-0.1, -0.05) is 64.1 Å². The molecule has 3 rings (SSSR count). The van der Waals surface area contributed by atoms with Crippen molar-refractivity contribution in [3.05, 3.63) is 70.8 Å². The van der Waals surface area contributed by atoms with E-state index in [-0.39, 0.29) is 17.5 Å². The van der Waals surface area contributed by atoms with Gasteiger partial charge in [-0.25, -0.2) is 4.79 Å². The Balaban J connectivity index is 1.76.